The normalized spacial score (nSPS) is 10.1. The van der Waals surface area contributed by atoms with Crippen LogP contribution in [0.1, 0.15) is 12.5 Å². The summed E-state index contributed by atoms with van der Waals surface area (Å²) in [4.78, 5) is 0. The van der Waals surface area contributed by atoms with Gasteiger partial charge in [-0.15, -0.1) is 10.2 Å². The number of aromatic nitrogens is 2. The minimum atomic E-state index is 0.473. The molecular formula is C9H16N4O. The second kappa shape index (κ2) is 5.39. The van der Waals surface area contributed by atoms with Crippen molar-refractivity contribution < 1.29 is 4.74 Å². The standard InChI is InChI=1S/C9H16N4O/c1-3-14-5-4-11-8-6-7(2)9(10)13-12-8/h6H,3-5H2,1-2H3,(H2,10,13)(H,11,12). The quantitative estimate of drug-likeness (QED) is 0.682. The van der Waals surface area contributed by atoms with Gasteiger partial charge in [0, 0.05) is 13.2 Å². The van der Waals surface area contributed by atoms with Crippen molar-refractivity contribution in [2.75, 3.05) is 30.8 Å². The highest BCUT2D eigenvalue weighted by molar-refractivity contribution is 5.45. The van der Waals surface area contributed by atoms with Crippen molar-refractivity contribution in [1.29, 1.82) is 0 Å². The van der Waals surface area contributed by atoms with Crippen molar-refractivity contribution in [3.05, 3.63) is 11.6 Å². The lowest BCUT2D eigenvalue weighted by Crippen LogP contribution is -2.11. The third-order valence-corrected chi connectivity index (χ3v) is 1.78. The number of ether oxygens (including phenoxy) is 1. The van der Waals surface area contributed by atoms with E-state index < -0.39 is 0 Å². The second-order valence-corrected chi connectivity index (χ2v) is 2.92. The molecule has 0 amide bonds. The number of anilines is 2. The number of rotatable bonds is 5. The Bertz CT molecular complexity index is 290. The second-order valence-electron chi connectivity index (χ2n) is 2.92. The van der Waals surface area contributed by atoms with Crippen LogP contribution in [0, 0.1) is 6.92 Å². The summed E-state index contributed by atoms with van der Waals surface area (Å²) in [5.74, 6) is 1.21. The van der Waals surface area contributed by atoms with Crippen molar-refractivity contribution in [3.8, 4) is 0 Å². The number of nitrogens with zero attached hydrogens (tertiary/aromatic N) is 2. The van der Waals surface area contributed by atoms with Crippen LogP contribution in [0.3, 0.4) is 0 Å². The summed E-state index contributed by atoms with van der Waals surface area (Å²) in [6.45, 7) is 5.99. The van der Waals surface area contributed by atoms with Gasteiger partial charge in [-0.25, -0.2) is 0 Å². The summed E-state index contributed by atoms with van der Waals surface area (Å²) in [6, 6.07) is 1.87. The summed E-state index contributed by atoms with van der Waals surface area (Å²) >= 11 is 0. The molecule has 0 spiro atoms. The molecule has 1 aromatic heterocycles. The largest absolute Gasteiger partial charge is 0.382 e. The van der Waals surface area contributed by atoms with Gasteiger partial charge in [0.15, 0.2) is 0 Å². The molecule has 0 aliphatic rings. The molecule has 0 saturated carbocycles. The summed E-state index contributed by atoms with van der Waals surface area (Å²) in [5, 5.41) is 10.8. The van der Waals surface area contributed by atoms with Crippen LogP contribution in [-0.4, -0.2) is 30.0 Å². The Balaban J connectivity index is 2.39. The summed E-state index contributed by atoms with van der Waals surface area (Å²) in [6.07, 6.45) is 0. The van der Waals surface area contributed by atoms with E-state index >= 15 is 0 Å². The third-order valence-electron chi connectivity index (χ3n) is 1.78. The fourth-order valence-corrected chi connectivity index (χ4v) is 0.976. The highest BCUT2D eigenvalue weighted by atomic mass is 16.5. The molecule has 5 nitrogen and oxygen atoms in total. The zero-order valence-corrected chi connectivity index (χ0v) is 8.58. The lowest BCUT2D eigenvalue weighted by atomic mass is 10.3. The van der Waals surface area contributed by atoms with Crippen LogP contribution >= 0.6 is 0 Å². The Morgan fingerprint density at radius 1 is 1.50 bits per heavy atom. The summed E-state index contributed by atoms with van der Waals surface area (Å²) in [7, 11) is 0. The molecule has 0 aliphatic heterocycles. The lowest BCUT2D eigenvalue weighted by Gasteiger charge is -2.06. The highest BCUT2D eigenvalue weighted by Crippen LogP contribution is 2.09. The number of aryl methyl sites for hydroxylation is 1. The molecule has 0 saturated heterocycles. The number of nitrogens with one attached hydrogen (secondary N) is 1. The maximum Gasteiger partial charge on any atom is 0.149 e. The van der Waals surface area contributed by atoms with Crippen molar-refractivity contribution in [1.82, 2.24) is 10.2 Å². The van der Waals surface area contributed by atoms with Crippen LogP contribution < -0.4 is 11.1 Å². The maximum atomic E-state index is 5.54. The van der Waals surface area contributed by atoms with Crippen LogP contribution in [-0.2, 0) is 4.74 Å². The van der Waals surface area contributed by atoms with E-state index in [4.69, 9.17) is 10.5 Å². The van der Waals surface area contributed by atoms with Crippen molar-refractivity contribution >= 4 is 11.6 Å². The Labute approximate surface area is 83.7 Å². The van der Waals surface area contributed by atoms with Gasteiger partial charge >= 0.3 is 0 Å². The number of nitrogen functional groups attached to an aromatic ring is 1. The molecule has 0 fully saturated rings. The topological polar surface area (TPSA) is 73.1 Å². The maximum absolute atomic E-state index is 5.54. The lowest BCUT2D eigenvalue weighted by molar-refractivity contribution is 0.158. The fourth-order valence-electron chi connectivity index (χ4n) is 0.976. The molecule has 3 N–H and O–H groups in total. The zero-order chi connectivity index (χ0) is 10.4. The van der Waals surface area contributed by atoms with Gasteiger partial charge in [-0.3, -0.25) is 0 Å². The van der Waals surface area contributed by atoms with Gasteiger partial charge in [-0.1, -0.05) is 0 Å². The number of hydrogen-bond donors (Lipinski definition) is 2. The molecule has 0 aliphatic carbocycles. The summed E-state index contributed by atoms with van der Waals surface area (Å²) in [5.41, 5.74) is 6.47. The molecule has 0 aromatic carbocycles. The van der Waals surface area contributed by atoms with Gasteiger partial charge in [0.2, 0.25) is 0 Å². The van der Waals surface area contributed by atoms with Crippen LogP contribution in [0.4, 0.5) is 11.6 Å². The average Bonchev–Trinajstić information content (AvgIpc) is 2.18. The van der Waals surface area contributed by atoms with E-state index in [-0.39, 0.29) is 0 Å². The first-order valence-electron chi connectivity index (χ1n) is 4.65. The SMILES string of the molecule is CCOCCNc1cc(C)c(N)nn1. The Morgan fingerprint density at radius 2 is 2.29 bits per heavy atom. The van der Waals surface area contributed by atoms with Crippen molar-refractivity contribution in [3.63, 3.8) is 0 Å². The molecule has 14 heavy (non-hydrogen) atoms. The van der Waals surface area contributed by atoms with E-state index in [1.807, 2.05) is 19.9 Å². The molecule has 0 atom stereocenters. The number of hydrogen-bond acceptors (Lipinski definition) is 5. The monoisotopic (exact) mass is 196 g/mol. The summed E-state index contributed by atoms with van der Waals surface area (Å²) < 4.78 is 5.17. The molecule has 0 bridgehead atoms. The predicted octanol–water partition coefficient (Wildman–Crippen LogP) is 0.816. The van der Waals surface area contributed by atoms with Crippen LogP contribution in [0.5, 0.6) is 0 Å². The fraction of sp³-hybridized carbons (Fsp3) is 0.556. The molecular weight excluding hydrogens is 180 g/mol. The molecule has 1 rings (SSSR count). The predicted molar refractivity (Wildman–Crippen MR) is 56.2 cm³/mol. The highest BCUT2D eigenvalue weighted by Gasteiger charge is 1.98. The Morgan fingerprint density at radius 3 is 2.93 bits per heavy atom. The van der Waals surface area contributed by atoms with E-state index in [1.165, 1.54) is 0 Å². The first-order valence-corrected chi connectivity index (χ1v) is 4.65. The van der Waals surface area contributed by atoms with Crippen LogP contribution in [0.25, 0.3) is 0 Å². The van der Waals surface area contributed by atoms with E-state index in [2.05, 4.69) is 15.5 Å². The average molecular weight is 196 g/mol. The van der Waals surface area contributed by atoms with Gasteiger partial charge in [-0.05, 0) is 25.5 Å². The van der Waals surface area contributed by atoms with E-state index in [0.29, 0.717) is 12.4 Å². The molecule has 1 heterocycles. The smallest absolute Gasteiger partial charge is 0.149 e. The van der Waals surface area contributed by atoms with Crippen LogP contribution in [0.2, 0.25) is 0 Å². The van der Waals surface area contributed by atoms with Gasteiger partial charge in [0.1, 0.15) is 11.6 Å². The molecule has 5 heteroatoms. The molecule has 1 aromatic rings. The third kappa shape index (κ3) is 3.18. The minimum absolute atomic E-state index is 0.473. The van der Waals surface area contributed by atoms with Crippen molar-refractivity contribution in [2.45, 2.75) is 13.8 Å². The van der Waals surface area contributed by atoms with Gasteiger partial charge in [0.25, 0.3) is 0 Å². The van der Waals surface area contributed by atoms with Gasteiger partial charge in [0.05, 0.1) is 6.61 Å². The zero-order valence-electron chi connectivity index (χ0n) is 8.58. The van der Waals surface area contributed by atoms with Crippen LogP contribution in [0.15, 0.2) is 6.07 Å². The molecule has 0 radical (unpaired) electrons. The van der Waals surface area contributed by atoms with E-state index in [0.717, 1.165) is 24.5 Å². The van der Waals surface area contributed by atoms with E-state index in [1.54, 1.807) is 0 Å². The molecule has 78 valence electrons. The first kappa shape index (κ1) is 10.7. The Hall–Kier alpha value is -1.36. The minimum Gasteiger partial charge on any atom is -0.382 e. The van der Waals surface area contributed by atoms with E-state index in [9.17, 15) is 0 Å². The van der Waals surface area contributed by atoms with Gasteiger partial charge < -0.3 is 15.8 Å². The van der Waals surface area contributed by atoms with Gasteiger partial charge in [-0.2, -0.15) is 0 Å². The first-order chi connectivity index (χ1) is 6.74. The number of nitrogens with two attached hydrogens (primary N) is 1. The Kier molecular flexibility index (Phi) is 4.12. The van der Waals surface area contributed by atoms with Crippen molar-refractivity contribution in [2.24, 2.45) is 0 Å². The molecule has 0 unspecified atom stereocenters.